The Morgan fingerprint density at radius 3 is 1.34 bits per heavy atom. The van der Waals surface area contributed by atoms with Crippen LogP contribution in [0.4, 0.5) is 0 Å². The van der Waals surface area contributed by atoms with Crippen molar-refractivity contribution < 1.29 is 22.9 Å². The van der Waals surface area contributed by atoms with Gasteiger partial charge >= 0.3 is 0 Å². The monoisotopic (exact) mass is 720 g/mol. The molecule has 2 atom stereocenters. The molecule has 0 radical (unpaired) electrons. The fourth-order valence-electron chi connectivity index (χ4n) is 5.96. The van der Waals surface area contributed by atoms with E-state index in [-0.39, 0.29) is 12.3 Å². The lowest BCUT2D eigenvalue weighted by Crippen LogP contribution is -2.47. The van der Waals surface area contributed by atoms with E-state index in [2.05, 4.69) is 79.9 Å². The number of allylic oxidation sites excluding steroid dienone is 10. The molecule has 0 heterocycles. The van der Waals surface area contributed by atoms with E-state index < -0.39 is 28.0 Å². The maximum absolute atomic E-state index is 12.5. The number of hydrogen-bond donors (Lipinski definition) is 3. The molecule has 50 heavy (non-hydrogen) atoms. The van der Waals surface area contributed by atoms with E-state index in [0.29, 0.717) is 12.8 Å². The fourth-order valence-corrected chi connectivity index (χ4v) is 6.72. The van der Waals surface area contributed by atoms with Crippen LogP contribution in [0.3, 0.4) is 0 Å². The van der Waals surface area contributed by atoms with Gasteiger partial charge in [0.2, 0.25) is 5.91 Å². The van der Waals surface area contributed by atoms with Gasteiger partial charge < -0.3 is 10.4 Å². The minimum Gasteiger partial charge on any atom is -0.391 e. The van der Waals surface area contributed by atoms with Crippen LogP contribution in [0.25, 0.3) is 0 Å². The first kappa shape index (κ1) is 48.0. The molecule has 0 aliphatic heterocycles. The van der Waals surface area contributed by atoms with Crippen LogP contribution < -0.4 is 5.32 Å². The van der Waals surface area contributed by atoms with Gasteiger partial charge in [-0.05, 0) is 51.4 Å². The molecular weight excluding hydrogens is 643 g/mol. The van der Waals surface area contributed by atoms with Crippen LogP contribution in [-0.4, -0.2) is 41.9 Å². The first-order valence-corrected chi connectivity index (χ1v) is 22.1. The highest BCUT2D eigenvalue weighted by atomic mass is 32.2. The molecule has 0 aromatic carbocycles. The zero-order valence-corrected chi connectivity index (χ0v) is 33.1. The Morgan fingerprint density at radius 1 is 0.560 bits per heavy atom. The van der Waals surface area contributed by atoms with E-state index in [4.69, 9.17) is 0 Å². The van der Waals surface area contributed by atoms with E-state index in [9.17, 15) is 22.9 Å². The summed E-state index contributed by atoms with van der Waals surface area (Å²) in [4.78, 5) is 12.5. The Bertz CT molecular complexity index is 1010. The standard InChI is InChI=1S/C43H77NO5S/c1-3-5-7-9-11-13-15-17-19-21-23-24-26-28-30-32-34-36-38-42(45)41(40-50(47,48)49)44-43(46)39-37-35-33-31-29-27-25-22-20-18-16-14-12-10-8-6-4-2/h6,8,12,14,18,20,25,27,31,33,41-42,45H,3-5,7,9-11,13,15-17,19,21-24,26,28-30,32,34-40H2,1-2H3,(H,44,46)(H,47,48,49)/b8-6-,14-12-,20-18-,27-25-,33-31-. The van der Waals surface area contributed by atoms with Gasteiger partial charge in [-0.3, -0.25) is 9.35 Å². The second-order valence-electron chi connectivity index (χ2n) is 13.9. The Hall–Kier alpha value is -1.96. The molecule has 0 aliphatic rings. The number of rotatable bonds is 36. The largest absolute Gasteiger partial charge is 0.391 e. The van der Waals surface area contributed by atoms with Crippen LogP contribution in [0.1, 0.15) is 187 Å². The molecule has 2 unspecified atom stereocenters. The molecule has 0 rings (SSSR count). The molecule has 0 fully saturated rings. The van der Waals surface area contributed by atoms with Gasteiger partial charge in [0.15, 0.2) is 0 Å². The minimum absolute atomic E-state index is 0.238. The van der Waals surface area contributed by atoms with Crippen molar-refractivity contribution in [1.29, 1.82) is 0 Å². The van der Waals surface area contributed by atoms with E-state index >= 15 is 0 Å². The first-order valence-electron chi connectivity index (χ1n) is 20.5. The Morgan fingerprint density at radius 2 is 0.940 bits per heavy atom. The minimum atomic E-state index is -4.33. The predicted octanol–water partition coefficient (Wildman–Crippen LogP) is 12.1. The summed E-state index contributed by atoms with van der Waals surface area (Å²) >= 11 is 0. The summed E-state index contributed by atoms with van der Waals surface area (Å²) in [7, 11) is -4.33. The topological polar surface area (TPSA) is 104 Å². The van der Waals surface area contributed by atoms with Gasteiger partial charge in [-0.2, -0.15) is 8.42 Å². The van der Waals surface area contributed by atoms with E-state index in [1.165, 1.54) is 96.3 Å². The molecule has 0 aromatic heterocycles. The average molecular weight is 720 g/mol. The molecule has 0 bridgehead atoms. The quantitative estimate of drug-likeness (QED) is 0.0340. The second kappa shape index (κ2) is 36.8. The van der Waals surface area contributed by atoms with Crippen molar-refractivity contribution in [2.45, 2.75) is 199 Å². The van der Waals surface area contributed by atoms with Crippen molar-refractivity contribution in [3.8, 4) is 0 Å². The number of amides is 1. The average Bonchev–Trinajstić information content (AvgIpc) is 3.08. The number of aliphatic hydroxyl groups excluding tert-OH is 1. The Kier molecular flexibility index (Phi) is 35.4. The summed E-state index contributed by atoms with van der Waals surface area (Å²) in [5.74, 6) is -0.976. The number of hydrogen-bond acceptors (Lipinski definition) is 4. The molecule has 0 saturated heterocycles. The first-order chi connectivity index (χ1) is 24.3. The third kappa shape index (κ3) is 37.3. The SMILES string of the molecule is CC/C=C\C/C=C\C/C=C\C/C=C\C/C=C\CCCC(=O)NC(CS(=O)(=O)O)C(O)CCCCCCCCCCCCCCCCCCCC. The van der Waals surface area contributed by atoms with Crippen molar-refractivity contribution in [2.75, 3.05) is 5.75 Å². The van der Waals surface area contributed by atoms with Gasteiger partial charge in [-0.1, -0.05) is 190 Å². The predicted molar refractivity (Wildman–Crippen MR) is 216 cm³/mol. The molecule has 0 aromatic rings. The van der Waals surface area contributed by atoms with Crippen molar-refractivity contribution in [1.82, 2.24) is 5.32 Å². The number of nitrogens with one attached hydrogen (secondary N) is 1. The van der Waals surface area contributed by atoms with Gasteiger partial charge in [-0.15, -0.1) is 0 Å². The molecule has 290 valence electrons. The zero-order chi connectivity index (χ0) is 36.8. The van der Waals surface area contributed by atoms with Gasteiger partial charge in [0, 0.05) is 6.42 Å². The van der Waals surface area contributed by atoms with Crippen LogP contribution in [0.2, 0.25) is 0 Å². The summed E-state index contributed by atoms with van der Waals surface area (Å²) in [5, 5.41) is 13.3. The van der Waals surface area contributed by atoms with E-state index in [1.54, 1.807) is 0 Å². The highest BCUT2D eigenvalue weighted by Crippen LogP contribution is 2.16. The van der Waals surface area contributed by atoms with Crippen LogP contribution in [0.5, 0.6) is 0 Å². The van der Waals surface area contributed by atoms with Crippen LogP contribution >= 0.6 is 0 Å². The lowest BCUT2D eigenvalue weighted by molar-refractivity contribution is -0.122. The second-order valence-corrected chi connectivity index (χ2v) is 15.4. The highest BCUT2D eigenvalue weighted by Gasteiger charge is 2.26. The van der Waals surface area contributed by atoms with Gasteiger partial charge in [-0.25, -0.2) is 0 Å². The zero-order valence-electron chi connectivity index (χ0n) is 32.3. The Balaban J connectivity index is 3.97. The normalized spacial score (nSPS) is 13.9. The molecule has 1 amide bonds. The molecule has 7 heteroatoms. The maximum Gasteiger partial charge on any atom is 0.266 e. The molecular formula is C43H77NO5S. The lowest BCUT2D eigenvalue weighted by atomic mass is 10.0. The van der Waals surface area contributed by atoms with E-state index in [1.807, 2.05) is 0 Å². The fraction of sp³-hybridized carbons (Fsp3) is 0.744. The van der Waals surface area contributed by atoms with Crippen LogP contribution in [0.15, 0.2) is 60.8 Å². The molecule has 6 nitrogen and oxygen atoms in total. The van der Waals surface area contributed by atoms with Crippen molar-refractivity contribution in [3.63, 3.8) is 0 Å². The Labute approximate surface area is 309 Å². The number of carbonyl (C=O) groups is 1. The van der Waals surface area contributed by atoms with Gasteiger partial charge in [0.25, 0.3) is 10.1 Å². The summed E-state index contributed by atoms with van der Waals surface area (Å²) in [6.07, 6.45) is 50.3. The number of carbonyl (C=O) groups excluding carboxylic acids is 1. The summed E-state index contributed by atoms with van der Waals surface area (Å²) in [5.41, 5.74) is 0. The van der Waals surface area contributed by atoms with Crippen molar-refractivity contribution in [3.05, 3.63) is 60.8 Å². The summed E-state index contributed by atoms with van der Waals surface area (Å²) < 4.78 is 32.5. The number of unbranched alkanes of at least 4 members (excludes halogenated alkanes) is 18. The number of aliphatic hydroxyl groups is 1. The summed E-state index contributed by atoms with van der Waals surface area (Å²) in [6.45, 7) is 4.41. The maximum atomic E-state index is 12.5. The highest BCUT2D eigenvalue weighted by molar-refractivity contribution is 7.85. The van der Waals surface area contributed by atoms with Crippen molar-refractivity contribution >= 4 is 16.0 Å². The smallest absolute Gasteiger partial charge is 0.266 e. The van der Waals surface area contributed by atoms with Crippen molar-refractivity contribution in [2.24, 2.45) is 0 Å². The van der Waals surface area contributed by atoms with Gasteiger partial charge in [0.05, 0.1) is 17.9 Å². The van der Waals surface area contributed by atoms with Gasteiger partial charge in [0.1, 0.15) is 0 Å². The summed E-state index contributed by atoms with van der Waals surface area (Å²) in [6, 6.07) is -1.00. The molecule has 0 saturated carbocycles. The lowest BCUT2D eigenvalue weighted by Gasteiger charge is -2.23. The third-order valence-electron chi connectivity index (χ3n) is 8.99. The molecule has 0 spiro atoms. The molecule has 0 aliphatic carbocycles. The van der Waals surface area contributed by atoms with E-state index in [0.717, 1.165) is 57.8 Å². The third-order valence-corrected chi connectivity index (χ3v) is 9.77. The molecule has 3 N–H and O–H groups in total. The van der Waals surface area contributed by atoms with Crippen LogP contribution in [0, 0.1) is 0 Å². The van der Waals surface area contributed by atoms with Crippen LogP contribution in [-0.2, 0) is 14.9 Å².